The number of methoxy groups -OCH3 is 1. The highest BCUT2D eigenvalue weighted by atomic mass is 19.4. The zero-order chi connectivity index (χ0) is 31.2. The molecule has 6 rings (SSSR count). The predicted molar refractivity (Wildman–Crippen MR) is 145 cm³/mol. The van der Waals surface area contributed by atoms with Crippen LogP contribution in [0.3, 0.4) is 0 Å². The zero-order valence-corrected chi connectivity index (χ0v) is 23.3. The third kappa shape index (κ3) is 5.71. The first-order chi connectivity index (χ1) is 20.9. The Bertz CT molecular complexity index is 1710. The quantitative estimate of drug-likeness (QED) is 0.175. The van der Waals surface area contributed by atoms with Gasteiger partial charge in [0.25, 0.3) is 0 Å². The van der Waals surface area contributed by atoms with Gasteiger partial charge in [-0.2, -0.15) is 18.3 Å². The zero-order valence-electron chi connectivity index (χ0n) is 23.3. The number of nitrogens with zero attached hydrogens (tertiary/aromatic N) is 3. The number of fused-ring (bicyclic) bond motifs is 2. The number of carbonyl (C=O) groups is 1. The van der Waals surface area contributed by atoms with Crippen molar-refractivity contribution in [3.05, 3.63) is 88.9 Å². The molecule has 2 atom stereocenters. The molecule has 0 bridgehead atoms. The molecular formula is C30H25F5N4O5. The second kappa shape index (κ2) is 11.0. The van der Waals surface area contributed by atoms with E-state index in [1.165, 1.54) is 48.3 Å². The highest BCUT2D eigenvalue weighted by Crippen LogP contribution is 2.43. The van der Waals surface area contributed by atoms with E-state index >= 15 is 0 Å². The Morgan fingerprint density at radius 3 is 2.57 bits per heavy atom. The van der Waals surface area contributed by atoms with Gasteiger partial charge in [-0.25, -0.2) is 14.5 Å². The minimum absolute atomic E-state index is 0.0526. The summed E-state index contributed by atoms with van der Waals surface area (Å²) in [5.74, 6) is -0.0598. The molecule has 44 heavy (non-hydrogen) atoms. The number of aromatic nitrogens is 3. The fourth-order valence-corrected chi connectivity index (χ4v) is 5.30. The molecule has 2 aromatic carbocycles. The van der Waals surface area contributed by atoms with Crippen LogP contribution >= 0.6 is 0 Å². The van der Waals surface area contributed by atoms with Crippen molar-refractivity contribution in [1.29, 1.82) is 0 Å². The molecular weight excluding hydrogens is 591 g/mol. The molecule has 0 radical (unpaired) electrons. The van der Waals surface area contributed by atoms with E-state index in [0.717, 1.165) is 0 Å². The van der Waals surface area contributed by atoms with E-state index in [4.69, 9.17) is 9.47 Å². The van der Waals surface area contributed by atoms with Crippen LogP contribution in [0, 0.1) is 0 Å². The van der Waals surface area contributed by atoms with Gasteiger partial charge in [-0.15, -0.1) is 8.78 Å². The number of alkyl halides is 5. The van der Waals surface area contributed by atoms with E-state index < -0.39 is 36.3 Å². The first-order valence-corrected chi connectivity index (χ1v) is 13.6. The van der Waals surface area contributed by atoms with E-state index in [1.807, 2.05) is 0 Å². The largest absolute Gasteiger partial charge is 0.586 e. The molecule has 9 nitrogen and oxygen atoms in total. The van der Waals surface area contributed by atoms with Gasteiger partial charge in [-0.1, -0.05) is 6.07 Å². The molecule has 0 amide bonds. The van der Waals surface area contributed by atoms with Crippen molar-refractivity contribution in [3.63, 3.8) is 0 Å². The average Bonchev–Trinajstić information content (AvgIpc) is 3.54. The van der Waals surface area contributed by atoms with Crippen LogP contribution in [0.5, 0.6) is 17.2 Å². The second-order valence-corrected chi connectivity index (χ2v) is 10.3. The van der Waals surface area contributed by atoms with Gasteiger partial charge in [0, 0.05) is 17.8 Å². The van der Waals surface area contributed by atoms with Crippen molar-refractivity contribution in [2.45, 2.75) is 50.8 Å². The summed E-state index contributed by atoms with van der Waals surface area (Å²) >= 11 is 0. The summed E-state index contributed by atoms with van der Waals surface area (Å²) in [7, 11) is 1.26. The van der Waals surface area contributed by atoms with E-state index in [0.29, 0.717) is 41.2 Å². The maximum absolute atomic E-state index is 14.1. The third-order valence-electron chi connectivity index (χ3n) is 7.32. The maximum Gasteiger partial charge on any atom is 0.586 e. The fraction of sp³-hybridized carbons (Fsp3) is 0.300. The number of hydrogen-bond acceptors (Lipinski definition) is 8. The molecule has 1 aliphatic heterocycles. The summed E-state index contributed by atoms with van der Waals surface area (Å²) in [5.41, 5.74) is 0.527. The number of esters is 1. The first kappa shape index (κ1) is 29.2. The van der Waals surface area contributed by atoms with Crippen molar-refractivity contribution < 1.29 is 45.7 Å². The number of rotatable bonds is 7. The van der Waals surface area contributed by atoms with Gasteiger partial charge in [0.2, 0.25) is 0 Å². The number of nitrogens with one attached hydrogen (secondary N) is 1. The molecule has 1 aliphatic carbocycles. The normalized spacial score (nSPS) is 17.5. The maximum atomic E-state index is 14.1. The molecule has 4 aromatic rings. The van der Waals surface area contributed by atoms with Crippen LogP contribution < -0.4 is 19.5 Å². The summed E-state index contributed by atoms with van der Waals surface area (Å²) in [6.07, 6.45) is -6.72. The SMILES string of the molecule is COC(=O)c1ccc(O[C@H]2CCCc3c(C(F)(F)F)nn(-c4ccnc(N[C@@H](C)c5ccc6c(c5)OC(F)(F)O6)c4)c32)cc1. The van der Waals surface area contributed by atoms with E-state index in [9.17, 15) is 26.7 Å². The van der Waals surface area contributed by atoms with Crippen LogP contribution in [-0.2, 0) is 17.3 Å². The van der Waals surface area contributed by atoms with Gasteiger partial charge in [-0.05, 0) is 74.2 Å². The number of benzene rings is 2. The lowest BCUT2D eigenvalue weighted by molar-refractivity contribution is -0.286. The summed E-state index contributed by atoms with van der Waals surface area (Å²) < 4.78 is 90.4. The Balaban J connectivity index is 1.30. The topological polar surface area (TPSA) is 96.7 Å². The number of halogens is 5. The molecule has 0 saturated carbocycles. The lowest BCUT2D eigenvalue weighted by Gasteiger charge is -2.26. The van der Waals surface area contributed by atoms with Crippen molar-refractivity contribution >= 4 is 11.8 Å². The average molecular weight is 617 g/mol. The van der Waals surface area contributed by atoms with Gasteiger partial charge in [0.15, 0.2) is 17.2 Å². The van der Waals surface area contributed by atoms with Gasteiger partial charge in [0.1, 0.15) is 17.7 Å². The Labute approximate surface area is 247 Å². The molecule has 1 N–H and O–H groups in total. The Hall–Kier alpha value is -4.88. The molecule has 0 spiro atoms. The molecule has 2 aliphatic rings. The molecule has 14 heteroatoms. The lowest BCUT2D eigenvalue weighted by atomic mass is 9.93. The monoisotopic (exact) mass is 616 g/mol. The summed E-state index contributed by atoms with van der Waals surface area (Å²) in [6.45, 7) is 1.76. The number of carbonyl (C=O) groups excluding carboxylic acids is 1. The molecule has 2 aromatic heterocycles. The molecule has 230 valence electrons. The highest BCUT2D eigenvalue weighted by molar-refractivity contribution is 5.89. The van der Waals surface area contributed by atoms with Gasteiger partial charge in [0.05, 0.1) is 30.1 Å². The van der Waals surface area contributed by atoms with Crippen molar-refractivity contribution in [2.75, 3.05) is 12.4 Å². The smallest absolute Gasteiger partial charge is 0.484 e. The summed E-state index contributed by atoms with van der Waals surface area (Å²) in [4.78, 5) is 16.1. The van der Waals surface area contributed by atoms with Crippen molar-refractivity contribution in [2.24, 2.45) is 0 Å². The Morgan fingerprint density at radius 1 is 1.09 bits per heavy atom. The minimum atomic E-state index is -4.70. The molecule has 3 heterocycles. The summed E-state index contributed by atoms with van der Waals surface area (Å²) in [5, 5.41) is 7.14. The van der Waals surface area contributed by atoms with Gasteiger partial charge >= 0.3 is 18.4 Å². The second-order valence-electron chi connectivity index (χ2n) is 10.3. The Kier molecular flexibility index (Phi) is 7.30. The lowest BCUT2D eigenvalue weighted by Crippen LogP contribution is -2.25. The van der Waals surface area contributed by atoms with Crippen LogP contribution in [0.2, 0.25) is 0 Å². The van der Waals surface area contributed by atoms with Gasteiger partial charge < -0.3 is 24.3 Å². The number of ether oxygens (including phenoxy) is 4. The van der Waals surface area contributed by atoms with Gasteiger partial charge in [-0.3, -0.25) is 0 Å². The van der Waals surface area contributed by atoms with E-state index in [1.54, 1.807) is 31.2 Å². The van der Waals surface area contributed by atoms with Crippen LogP contribution in [0.15, 0.2) is 60.8 Å². The highest BCUT2D eigenvalue weighted by Gasteiger charge is 2.44. The number of pyridine rings is 1. The molecule has 0 saturated heterocycles. The van der Waals surface area contributed by atoms with Crippen LogP contribution in [0.25, 0.3) is 5.69 Å². The third-order valence-corrected chi connectivity index (χ3v) is 7.32. The van der Waals surface area contributed by atoms with Crippen molar-refractivity contribution in [3.8, 4) is 22.9 Å². The van der Waals surface area contributed by atoms with Crippen LogP contribution in [0.4, 0.5) is 27.8 Å². The Morgan fingerprint density at radius 2 is 1.84 bits per heavy atom. The van der Waals surface area contributed by atoms with Crippen LogP contribution in [0.1, 0.15) is 64.8 Å². The standard InChI is InChI=1S/C30H25F5N4O5/c1-16(18-8-11-22-24(14-18)44-30(34,35)43-22)37-25-15-19(12-13-36-25)39-26-21(27(38-39)29(31,32)33)4-3-5-23(26)42-20-9-6-17(7-10-20)28(40)41-2/h6-16,23H,3-5H2,1-2H3,(H,36,37)/t16-,23-/m0/s1. The number of anilines is 1. The molecule has 0 unspecified atom stereocenters. The minimum Gasteiger partial charge on any atom is -0.484 e. The summed E-state index contributed by atoms with van der Waals surface area (Å²) in [6, 6.07) is 13.1. The number of hydrogen-bond donors (Lipinski definition) is 1. The van der Waals surface area contributed by atoms with Crippen LogP contribution in [-0.4, -0.2) is 34.1 Å². The van der Waals surface area contributed by atoms with E-state index in [-0.39, 0.29) is 29.2 Å². The van der Waals surface area contributed by atoms with E-state index in [2.05, 4.69) is 24.9 Å². The van der Waals surface area contributed by atoms with Crippen molar-refractivity contribution in [1.82, 2.24) is 14.8 Å². The molecule has 0 fully saturated rings. The fourth-order valence-electron chi connectivity index (χ4n) is 5.30. The predicted octanol–water partition coefficient (Wildman–Crippen LogP) is 7.02. The first-order valence-electron chi connectivity index (χ1n) is 13.6.